The van der Waals surface area contributed by atoms with Crippen LogP contribution in [0.25, 0.3) is 27.8 Å². The Kier molecular flexibility index (Phi) is 6.01. The smallest absolute Gasteiger partial charge is 0.293 e. The molecule has 2 amide bonds. The third-order valence-corrected chi connectivity index (χ3v) is 7.60. The molecule has 6 rings (SSSR count). The van der Waals surface area contributed by atoms with Gasteiger partial charge in [-0.2, -0.15) is 0 Å². The summed E-state index contributed by atoms with van der Waals surface area (Å²) in [6.07, 6.45) is 3.73. The molecule has 1 saturated heterocycles. The van der Waals surface area contributed by atoms with Crippen LogP contribution in [0.15, 0.2) is 102 Å². The minimum Gasteiger partial charge on any atom is -0.342 e. The summed E-state index contributed by atoms with van der Waals surface area (Å²) in [6, 6.07) is 28.1. The van der Waals surface area contributed by atoms with Crippen LogP contribution >= 0.6 is 11.8 Å². The van der Waals surface area contributed by atoms with Gasteiger partial charge in [0.1, 0.15) is 0 Å². The first-order valence-electron chi connectivity index (χ1n) is 12.0. The van der Waals surface area contributed by atoms with Crippen molar-refractivity contribution in [2.24, 2.45) is 0 Å². The van der Waals surface area contributed by atoms with Gasteiger partial charge in [0.15, 0.2) is 0 Å². The molecule has 2 heterocycles. The standard InChI is InChI=1S/C30H21N3O4S/c34-29-28(38-30(35)32(29)19-22-8-5-7-21-6-1-2-9-25(21)22)16-23-18-31(27-11-4-3-10-26(23)27)17-20-12-14-24(15-13-20)33(36)37/h1-16,18H,17,19H2/b28-16-. The topological polar surface area (TPSA) is 85.5 Å². The van der Waals surface area contributed by atoms with E-state index in [-0.39, 0.29) is 23.4 Å². The van der Waals surface area contributed by atoms with E-state index in [0.717, 1.165) is 50.1 Å². The average molecular weight is 520 g/mol. The number of hydrogen-bond acceptors (Lipinski definition) is 5. The van der Waals surface area contributed by atoms with E-state index in [2.05, 4.69) is 0 Å². The number of fused-ring (bicyclic) bond motifs is 2. The molecule has 186 valence electrons. The van der Waals surface area contributed by atoms with Crippen LogP contribution in [0.5, 0.6) is 0 Å². The number of amides is 2. The highest BCUT2D eigenvalue weighted by molar-refractivity contribution is 8.18. The summed E-state index contributed by atoms with van der Waals surface area (Å²) in [4.78, 5) is 38.5. The number of hydrogen-bond donors (Lipinski definition) is 0. The van der Waals surface area contributed by atoms with Gasteiger partial charge in [-0.25, -0.2) is 0 Å². The predicted molar refractivity (Wildman–Crippen MR) is 150 cm³/mol. The molecule has 1 fully saturated rings. The van der Waals surface area contributed by atoms with Crippen LogP contribution in [0.1, 0.15) is 16.7 Å². The molecule has 1 aliphatic heterocycles. The van der Waals surface area contributed by atoms with Crippen LogP contribution in [0.4, 0.5) is 10.5 Å². The molecule has 0 aliphatic carbocycles. The Balaban J connectivity index is 1.30. The lowest BCUT2D eigenvalue weighted by Gasteiger charge is -2.14. The minimum atomic E-state index is -0.416. The van der Waals surface area contributed by atoms with Gasteiger partial charge in [0, 0.05) is 41.3 Å². The van der Waals surface area contributed by atoms with E-state index in [1.807, 2.05) is 77.5 Å². The number of para-hydroxylation sites is 1. The van der Waals surface area contributed by atoms with Crippen LogP contribution in [0, 0.1) is 10.1 Å². The van der Waals surface area contributed by atoms with Gasteiger partial charge in [-0.05, 0) is 45.8 Å². The van der Waals surface area contributed by atoms with Gasteiger partial charge in [-0.1, -0.05) is 72.8 Å². The summed E-state index contributed by atoms with van der Waals surface area (Å²) < 4.78 is 2.04. The number of nitro benzene ring substituents is 1. The Morgan fingerprint density at radius 3 is 2.32 bits per heavy atom. The van der Waals surface area contributed by atoms with Gasteiger partial charge < -0.3 is 4.57 Å². The zero-order valence-electron chi connectivity index (χ0n) is 20.1. The number of carbonyl (C=O) groups excluding carboxylic acids is 2. The lowest BCUT2D eigenvalue weighted by atomic mass is 10.0. The van der Waals surface area contributed by atoms with Gasteiger partial charge >= 0.3 is 0 Å². The summed E-state index contributed by atoms with van der Waals surface area (Å²) in [5.74, 6) is -0.305. The number of imide groups is 1. The molecule has 0 radical (unpaired) electrons. The van der Waals surface area contributed by atoms with Crippen molar-refractivity contribution in [3.63, 3.8) is 0 Å². The van der Waals surface area contributed by atoms with E-state index >= 15 is 0 Å². The first kappa shape index (κ1) is 23.7. The lowest BCUT2D eigenvalue weighted by Crippen LogP contribution is -2.27. The highest BCUT2D eigenvalue weighted by Crippen LogP contribution is 2.36. The summed E-state index contributed by atoms with van der Waals surface area (Å²) >= 11 is 0.953. The van der Waals surface area contributed by atoms with Crippen molar-refractivity contribution in [2.45, 2.75) is 13.1 Å². The second-order valence-electron chi connectivity index (χ2n) is 9.06. The van der Waals surface area contributed by atoms with Crippen LogP contribution in [0.3, 0.4) is 0 Å². The van der Waals surface area contributed by atoms with Crippen molar-refractivity contribution in [1.82, 2.24) is 9.47 Å². The first-order chi connectivity index (χ1) is 18.5. The maximum Gasteiger partial charge on any atom is 0.293 e. The van der Waals surface area contributed by atoms with Crippen molar-refractivity contribution < 1.29 is 14.5 Å². The molecule has 8 heteroatoms. The molecule has 38 heavy (non-hydrogen) atoms. The Bertz CT molecular complexity index is 1770. The highest BCUT2D eigenvalue weighted by Gasteiger charge is 2.35. The number of nitro groups is 1. The zero-order valence-corrected chi connectivity index (χ0v) is 20.9. The Labute approximate surface area is 222 Å². The Hall–Kier alpha value is -4.69. The molecule has 0 unspecified atom stereocenters. The van der Waals surface area contributed by atoms with Crippen LogP contribution < -0.4 is 0 Å². The van der Waals surface area contributed by atoms with E-state index in [1.54, 1.807) is 18.2 Å². The largest absolute Gasteiger partial charge is 0.342 e. The van der Waals surface area contributed by atoms with Crippen molar-refractivity contribution in [3.05, 3.63) is 129 Å². The van der Waals surface area contributed by atoms with Crippen LogP contribution in [-0.4, -0.2) is 25.5 Å². The number of rotatable bonds is 6. The maximum atomic E-state index is 13.3. The maximum absolute atomic E-state index is 13.3. The lowest BCUT2D eigenvalue weighted by molar-refractivity contribution is -0.384. The van der Waals surface area contributed by atoms with E-state index in [4.69, 9.17) is 0 Å². The molecule has 0 saturated carbocycles. The molecular weight excluding hydrogens is 498 g/mol. The number of aromatic nitrogens is 1. The summed E-state index contributed by atoms with van der Waals surface area (Å²) in [5, 5.41) is 13.7. The average Bonchev–Trinajstić information content (AvgIpc) is 3.41. The fraction of sp³-hybridized carbons (Fsp3) is 0.0667. The number of thioether (sulfide) groups is 1. The van der Waals surface area contributed by atoms with Crippen molar-refractivity contribution >= 4 is 56.3 Å². The van der Waals surface area contributed by atoms with E-state index in [9.17, 15) is 19.7 Å². The van der Waals surface area contributed by atoms with Gasteiger partial charge in [0.25, 0.3) is 16.8 Å². The second kappa shape index (κ2) is 9.64. The van der Waals surface area contributed by atoms with Gasteiger partial charge in [-0.3, -0.25) is 24.6 Å². The van der Waals surface area contributed by atoms with Crippen LogP contribution in [0.2, 0.25) is 0 Å². The molecule has 0 bridgehead atoms. The summed E-state index contributed by atoms with van der Waals surface area (Å²) in [5.41, 5.74) is 3.68. The van der Waals surface area contributed by atoms with E-state index in [1.165, 1.54) is 17.0 Å². The normalized spacial score (nSPS) is 14.7. The number of nitrogens with zero attached hydrogens (tertiary/aromatic N) is 3. The zero-order chi connectivity index (χ0) is 26.2. The molecule has 0 N–H and O–H groups in total. The Morgan fingerprint density at radius 1 is 0.816 bits per heavy atom. The first-order valence-corrected chi connectivity index (χ1v) is 12.8. The second-order valence-corrected chi connectivity index (χ2v) is 10.1. The monoisotopic (exact) mass is 519 g/mol. The van der Waals surface area contributed by atoms with Crippen LogP contribution in [-0.2, 0) is 17.9 Å². The molecule has 4 aromatic carbocycles. The number of non-ortho nitro benzene ring substituents is 1. The summed E-state index contributed by atoms with van der Waals surface area (Å²) in [7, 11) is 0. The third kappa shape index (κ3) is 4.35. The molecular formula is C30H21N3O4S. The van der Waals surface area contributed by atoms with Gasteiger partial charge in [-0.15, -0.1) is 0 Å². The molecule has 7 nitrogen and oxygen atoms in total. The molecule has 0 atom stereocenters. The molecule has 1 aromatic heterocycles. The van der Waals surface area contributed by atoms with Gasteiger partial charge in [0.2, 0.25) is 0 Å². The fourth-order valence-corrected chi connectivity index (χ4v) is 5.65. The van der Waals surface area contributed by atoms with Crippen molar-refractivity contribution in [2.75, 3.05) is 0 Å². The van der Waals surface area contributed by atoms with Crippen molar-refractivity contribution in [1.29, 1.82) is 0 Å². The highest BCUT2D eigenvalue weighted by atomic mass is 32.2. The Morgan fingerprint density at radius 2 is 1.53 bits per heavy atom. The fourth-order valence-electron chi connectivity index (χ4n) is 4.82. The number of carbonyl (C=O) groups is 2. The SMILES string of the molecule is O=C1S/C(=C\c2cn(Cc3ccc([N+](=O)[O-])cc3)c3ccccc23)C(=O)N1Cc1cccc2ccccc12. The predicted octanol–water partition coefficient (Wildman–Crippen LogP) is 6.99. The molecule has 0 spiro atoms. The van der Waals surface area contributed by atoms with Crippen molar-refractivity contribution in [3.8, 4) is 0 Å². The van der Waals surface area contributed by atoms with E-state index in [0.29, 0.717) is 11.4 Å². The number of benzene rings is 4. The molecule has 5 aromatic rings. The van der Waals surface area contributed by atoms with Gasteiger partial charge in [0.05, 0.1) is 16.4 Å². The third-order valence-electron chi connectivity index (χ3n) is 6.69. The van der Waals surface area contributed by atoms with E-state index < -0.39 is 4.92 Å². The minimum absolute atomic E-state index is 0.0472. The summed E-state index contributed by atoms with van der Waals surface area (Å²) in [6.45, 7) is 0.722. The molecule has 1 aliphatic rings. The quantitative estimate of drug-likeness (QED) is 0.137.